The zero-order valence-corrected chi connectivity index (χ0v) is 12.7. The molecule has 0 saturated heterocycles. The second kappa shape index (κ2) is 6.26. The average Bonchev–Trinajstić information content (AvgIpc) is 3.02. The maximum absolute atomic E-state index is 5.78. The third-order valence-electron chi connectivity index (χ3n) is 4.02. The van der Waals surface area contributed by atoms with Crippen LogP contribution >= 0.6 is 0 Å². The number of rotatable bonds is 4. The van der Waals surface area contributed by atoms with Crippen LogP contribution < -0.4 is 0 Å². The Hall–Kier alpha value is -2.60. The highest BCUT2D eigenvalue weighted by Gasteiger charge is 2.19. The van der Waals surface area contributed by atoms with Crippen LogP contribution in [-0.2, 0) is 25.9 Å². The molecule has 0 radical (unpaired) electrons. The van der Waals surface area contributed by atoms with Crippen LogP contribution in [0.25, 0.3) is 0 Å². The van der Waals surface area contributed by atoms with Gasteiger partial charge in [0.15, 0.2) is 0 Å². The average molecular weight is 307 g/mol. The second-order valence-corrected chi connectivity index (χ2v) is 5.71. The summed E-state index contributed by atoms with van der Waals surface area (Å²) in [5, 5.41) is 8.32. The molecule has 0 spiro atoms. The van der Waals surface area contributed by atoms with E-state index in [0.29, 0.717) is 24.7 Å². The lowest BCUT2D eigenvalue weighted by Gasteiger charge is -2.25. The lowest BCUT2D eigenvalue weighted by molar-refractivity contribution is 0.216. The third kappa shape index (κ3) is 3.27. The number of fused-ring (bicyclic) bond motifs is 1. The highest BCUT2D eigenvalue weighted by Crippen LogP contribution is 2.17. The van der Waals surface area contributed by atoms with E-state index in [1.54, 1.807) is 6.33 Å². The van der Waals surface area contributed by atoms with Crippen LogP contribution in [0.2, 0.25) is 0 Å². The SMILES string of the molecule is c1ccc(Cc2nnc(CN3CCc4cncnc4C3)o2)cc1. The molecule has 0 aliphatic carbocycles. The van der Waals surface area contributed by atoms with Crippen molar-refractivity contribution < 1.29 is 4.42 Å². The molecule has 0 atom stereocenters. The molecule has 1 aliphatic rings. The van der Waals surface area contributed by atoms with Crippen LogP contribution in [0.15, 0.2) is 47.3 Å². The molecule has 0 N–H and O–H groups in total. The molecule has 0 bridgehead atoms. The fraction of sp³-hybridized carbons (Fsp3) is 0.294. The number of hydrogen-bond acceptors (Lipinski definition) is 6. The van der Waals surface area contributed by atoms with Gasteiger partial charge in [-0.25, -0.2) is 9.97 Å². The van der Waals surface area contributed by atoms with Gasteiger partial charge in [0.25, 0.3) is 0 Å². The van der Waals surface area contributed by atoms with Gasteiger partial charge >= 0.3 is 0 Å². The number of aromatic nitrogens is 4. The number of hydrogen-bond donors (Lipinski definition) is 0. The first-order valence-electron chi connectivity index (χ1n) is 7.72. The topological polar surface area (TPSA) is 67.9 Å². The maximum Gasteiger partial charge on any atom is 0.230 e. The summed E-state index contributed by atoms with van der Waals surface area (Å²) in [7, 11) is 0. The smallest absolute Gasteiger partial charge is 0.230 e. The monoisotopic (exact) mass is 307 g/mol. The molecule has 3 aromatic rings. The molecule has 6 heteroatoms. The molecule has 116 valence electrons. The van der Waals surface area contributed by atoms with Crippen molar-refractivity contribution in [2.75, 3.05) is 6.54 Å². The van der Waals surface area contributed by atoms with E-state index < -0.39 is 0 Å². The summed E-state index contributed by atoms with van der Waals surface area (Å²) in [5.41, 5.74) is 3.50. The van der Waals surface area contributed by atoms with E-state index in [-0.39, 0.29) is 0 Å². The Labute approximate surface area is 134 Å². The van der Waals surface area contributed by atoms with Gasteiger partial charge in [0.2, 0.25) is 11.8 Å². The predicted octanol–water partition coefficient (Wildman–Crippen LogP) is 2.01. The molecular formula is C17H17N5O. The zero-order valence-electron chi connectivity index (χ0n) is 12.7. The normalized spacial score (nSPS) is 14.6. The first-order valence-corrected chi connectivity index (χ1v) is 7.72. The van der Waals surface area contributed by atoms with Crippen molar-refractivity contribution >= 4 is 0 Å². The Morgan fingerprint density at radius 1 is 1.09 bits per heavy atom. The Bertz CT molecular complexity index is 786. The highest BCUT2D eigenvalue weighted by atomic mass is 16.4. The minimum Gasteiger partial charge on any atom is -0.424 e. The summed E-state index contributed by atoms with van der Waals surface area (Å²) in [6, 6.07) is 10.1. The fourth-order valence-corrected chi connectivity index (χ4v) is 2.82. The molecule has 0 saturated carbocycles. The van der Waals surface area contributed by atoms with Gasteiger partial charge in [-0.15, -0.1) is 10.2 Å². The van der Waals surface area contributed by atoms with Crippen molar-refractivity contribution in [3.63, 3.8) is 0 Å². The van der Waals surface area contributed by atoms with Gasteiger partial charge in [-0.1, -0.05) is 30.3 Å². The molecule has 23 heavy (non-hydrogen) atoms. The maximum atomic E-state index is 5.78. The van der Waals surface area contributed by atoms with E-state index in [2.05, 4.69) is 37.2 Å². The third-order valence-corrected chi connectivity index (χ3v) is 4.02. The molecular weight excluding hydrogens is 290 g/mol. The molecule has 0 amide bonds. The van der Waals surface area contributed by atoms with Crippen LogP contribution in [-0.4, -0.2) is 31.6 Å². The molecule has 4 rings (SSSR count). The Morgan fingerprint density at radius 3 is 2.87 bits per heavy atom. The van der Waals surface area contributed by atoms with Gasteiger partial charge in [-0.3, -0.25) is 4.90 Å². The van der Waals surface area contributed by atoms with Crippen LogP contribution in [0.4, 0.5) is 0 Å². The molecule has 1 aromatic carbocycles. The Kier molecular flexibility index (Phi) is 3.81. The summed E-state index contributed by atoms with van der Waals surface area (Å²) in [4.78, 5) is 10.7. The van der Waals surface area contributed by atoms with E-state index in [1.807, 2.05) is 24.4 Å². The molecule has 0 unspecified atom stereocenters. The van der Waals surface area contributed by atoms with E-state index in [4.69, 9.17) is 4.42 Å². The molecule has 0 fully saturated rings. The number of nitrogens with zero attached hydrogens (tertiary/aromatic N) is 5. The van der Waals surface area contributed by atoms with Gasteiger partial charge in [-0.05, 0) is 17.5 Å². The highest BCUT2D eigenvalue weighted by molar-refractivity contribution is 5.19. The molecule has 1 aliphatic heterocycles. The van der Waals surface area contributed by atoms with E-state index in [0.717, 1.165) is 25.2 Å². The van der Waals surface area contributed by atoms with E-state index in [9.17, 15) is 0 Å². The summed E-state index contributed by atoms with van der Waals surface area (Å²) < 4.78 is 5.78. The van der Waals surface area contributed by atoms with Crippen LogP contribution in [0.3, 0.4) is 0 Å². The van der Waals surface area contributed by atoms with Gasteiger partial charge < -0.3 is 4.42 Å². The van der Waals surface area contributed by atoms with Crippen LogP contribution in [0.5, 0.6) is 0 Å². The molecule has 2 aromatic heterocycles. The quantitative estimate of drug-likeness (QED) is 0.734. The zero-order chi connectivity index (χ0) is 15.5. The molecule has 6 nitrogen and oxygen atoms in total. The van der Waals surface area contributed by atoms with Crippen molar-refractivity contribution in [1.29, 1.82) is 0 Å². The van der Waals surface area contributed by atoms with Gasteiger partial charge in [-0.2, -0.15) is 0 Å². The van der Waals surface area contributed by atoms with Crippen molar-refractivity contribution in [2.45, 2.75) is 25.9 Å². The van der Waals surface area contributed by atoms with Gasteiger partial charge in [0, 0.05) is 19.3 Å². The first-order chi connectivity index (χ1) is 11.4. The van der Waals surface area contributed by atoms with Crippen molar-refractivity contribution in [3.05, 3.63) is 71.5 Å². The Morgan fingerprint density at radius 2 is 1.96 bits per heavy atom. The minimum atomic E-state index is 0.658. The van der Waals surface area contributed by atoms with Gasteiger partial charge in [0.1, 0.15) is 6.33 Å². The van der Waals surface area contributed by atoms with Crippen LogP contribution in [0, 0.1) is 0 Å². The fourth-order valence-electron chi connectivity index (χ4n) is 2.82. The lowest BCUT2D eigenvalue weighted by atomic mass is 10.1. The standard InChI is InChI=1S/C17H17N5O/c1-2-4-13(5-3-1)8-16-20-21-17(23-16)11-22-7-6-14-9-18-12-19-15(14)10-22/h1-5,9,12H,6-8,10-11H2. The van der Waals surface area contributed by atoms with Crippen molar-refractivity contribution in [1.82, 2.24) is 25.1 Å². The summed E-state index contributed by atoms with van der Waals surface area (Å²) >= 11 is 0. The van der Waals surface area contributed by atoms with Crippen molar-refractivity contribution in [2.24, 2.45) is 0 Å². The lowest BCUT2D eigenvalue weighted by Crippen LogP contribution is -2.31. The van der Waals surface area contributed by atoms with Crippen LogP contribution in [0.1, 0.15) is 28.6 Å². The van der Waals surface area contributed by atoms with Crippen molar-refractivity contribution in [3.8, 4) is 0 Å². The van der Waals surface area contributed by atoms with E-state index >= 15 is 0 Å². The summed E-state index contributed by atoms with van der Waals surface area (Å²) in [6.07, 6.45) is 5.14. The van der Waals surface area contributed by atoms with E-state index in [1.165, 1.54) is 11.1 Å². The predicted molar refractivity (Wildman–Crippen MR) is 83.4 cm³/mol. The number of benzene rings is 1. The largest absolute Gasteiger partial charge is 0.424 e. The second-order valence-electron chi connectivity index (χ2n) is 5.71. The Balaban J connectivity index is 1.41. The molecule has 3 heterocycles. The van der Waals surface area contributed by atoms with Gasteiger partial charge in [0.05, 0.1) is 18.7 Å². The first kappa shape index (κ1) is 14.0. The summed E-state index contributed by atoms with van der Waals surface area (Å²) in [5.74, 6) is 1.32. The summed E-state index contributed by atoms with van der Waals surface area (Å²) in [6.45, 7) is 2.41. The minimum absolute atomic E-state index is 0.658.